The van der Waals surface area contributed by atoms with Gasteiger partial charge in [-0.2, -0.15) is 0 Å². The average molecular weight is 687 g/mol. The molecule has 264 valence electrons. The largest absolute Gasteiger partial charge is 0.445 e. The number of rotatable bonds is 17. The highest BCUT2D eigenvalue weighted by atomic mass is 32.2. The number of nitrogens with two attached hydrogens (primary N) is 1. The van der Waals surface area contributed by atoms with E-state index in [1.165, 1.54) is 12.1 Å². The lowest BCUT2D eigenvalue weighted by Crippen LogP contribution is -2.57. The summed E-state index contributed by atoms with van der Waals surface area (Å²) < 4.78 is 32.9. The normalized spacial score (nSPS) is 13.7. The van der Waals surface area contributed by atoms with Crippen LogP contribution in [0.5, 0.6) is 0 Å². The van der Waals surface area contributed by atoms with Gasteiger partial charge in [0.25, 0.3) is 10.0 Å². The van der Waals surface area contributed by atoms with Crippen LogP contribution < -0.4 is 26.4 Å². The van der Waals surface area contributed by atoms with Gasteiger partial charge in [0, 0.05) is 6.54 Å². The lowest BCUT2D eigenvalue weighted by atomic mass is 10.00. The van der Waals surface area contributed by atoms with E-state index in [1.54, 1.807) is 26.0 Å². The molecule has 2 rings (SSSR count). The Morgan fingerprint density at radius 3 is 2.17 bits per heavy atom. The smallest absolute Gasteiger partial charge is 0.408 e. The van der Waals surface area contributed by atoms with Gasteiger partial charge in [-0.25, -0.2) is 17.9 Å². The Labute approximate surface area is 283 Å². The second-order valence-electron chi connectivity index (χ2n) is 12.6. The van der Waals surface area contributed by atoms with Crippen LogP contribution in [0.15, 0.2) is 52.4 Å². The van der Waals surface area contributed by atoms with Gasteiger partial charge >= 0.3 is 6.09 Å². The van der Waals surface area contributed by atoms with E-state index in [0.717, 1.165) is 22.3 Å². The van der Waals surface area contributed by atoms with Crippen molar-refractivity contribution < 1.29 is 32.3 Å². The molecule has 3 atom stereocenters. The predicted molar refractivity (Wildman–Crippen MR) is 184 cm³/mol. The molecule has 13 nitrogen and oxygen atoms in total. The summed E-state index contributed by atoms with van der Waals surface area (Å²) in [5, 5.41) is 7.98. The number of carbonyl (C=O) groups excluding carboxylic acids is 4. The van der Waals surface area contributed by atoms with E-state index >= 15 is 0 Å². The topological polar surface area (TPSA) is 198 Å². The van der Waals surface area contributed by atoms with E-state index < -0.39 is 46.1 Å². The zero-order chi connectivity index (χ0) is 36.0. The molecule has 0 aromatic heterocycles. The van der Waals surface area contributed by atoms with Crippen molar-refractivity contribution >= 4 is 40.2 Å². The number of aliphatic imine (C=N–C) groups is 1. The maximum Gasteiger partial charge on any atom is 0.408 e. The van der Waals surface area contributed by atoms with Gasteiger partial charge in [0.1, 0.15) is 25.0 Å². The molecule has 0 aliphatic rings. The minimum atomic E-state index is -3.94. The standard InChI is InChI=1S/C34H50N6O7S/c1-21(2)17-27(19-41)37-32(43)30(22(3)4)39-31(42)29(38-34(44)47-20-26-18-24(6)10-13-25(26)7)9-8-16-36-33(35)40-48(45,46)28-14-11-23(5)12-15-28/h10-15,18-19,21-22,27,29-30H,8-9,16-17,20H2,1-7H3,(H,37,43)(H,38,44)(H,39,42)(H3,35,36,40)/t27?,29-,30-/m0/s1. The van der Waals surface area contributed by atoms with Gasteiger partial charge in [-0.05, 0) is 75.1 Å². The molecule has 0 saturated heterocycles. The number of alkyl carbamates (subject to hydrolysis) is 1. The quantitative estimate of drug-likeness (QED) is 0.0724. The van der Waals surface area contributed by atoms with Gasteiger partial charge in [0.15, 0.2) is 0 Å². The first-order valence-electron chi connectivity index (χ1n) is 16.0. The molecule has 2 aromatic carbocycles. The number of nitrogens with one attached hydrogen (secondary N) is 4. The van der Waals surface area contributed by atoms with E-state index in [2.05, 4.69) is 25.7 Å². The Balaban J connectivity index is 2.15. The lowest BCUT2D eigenvalue weighted by Gasteiger charge is -2.26. The van der Waals surface area contributed by atoms with Crippen LogP contribution in [0.25, 0.3) is 0 Å². The Morgan fingerprint density at radius 1 is 0.917 bits per heavy atom. The number of ether oxygens (including phenoxy) is 1. The molecule has 6 N–H and O–H groups in total. The summed E-state index contributed by atoms with van der Waals surface area (Å²) in [5.41, 5.74) is 9.48. The number of aldehydes is 1. The summed E-state index contributed by atoms with van der Waals surface area (Å²) >= 11 is 0. The van der Waals surface area contributed by atoms with Crippen LogP contribution in [-0.2, 0) is 35.8 Å². The molecule has 0 saturated carbocycles. The van der Waals surface area contributed by atoms with Gasteiger partial charge < -0.3 is 31.2 Å². The van der Waals surface area contributed by atoms with Crippen LogP contribution in [0.4, 0.5) is 4.79 Å². The number of nitrogens with zero attached hydrogens (tertiary/aromatic N) is 1. The van der Waals surface area contributed by atoms with Gasteiger partial charge in [-0.15, -0.1) is 0 Å². The Kier molecular flexibility index (Phi) is 15.5. The number of amides is 3. The number of benzene rings is 2. The van der Waals surface area contributed by atoms with Crippen LogP contribution in [0, 0.1) is 32.6 Å². The summed E-state index contributed by atoms with van der Waals surface area (Å²) in [4.78, 5) is 55.2. The number of guanidine groups is 1. The van der Waals surface area contributed by atoms with Gasteiger partial charge in [0.2, 0.25) is 17.8 Å². The number of hydrogen-bond donors (Lipinski definition) is 5. The fraction of sp³-hybridized carbons (Fsp3) is 0.500. The van der Waals surface area contributed by atoms with Gasteiger partial charge in [-0.1, -0.05) is 69.2 Å². The molecule has 0 radical (unpaired) electrons. The molecule has 0 fully saturated rings. The second kappa shape index (κ2) is 18.8. The fourth-order valence-electron chi connectivity index (χ4n) is 4.71. The molecule has 0 spiro atoms. The first-order valence-corrected chi connectivity index (χ1v) is 17.5. The van der Waals surface area contributed by atoms with E-state index in [4.69, 9.17) is 10.5 Å². The van der Waals surface area contributed by atoms with Crippen molar-refractivity contribution in [3.8, 4) is 0 Å². The Hall–Kier alpha value is -4.46. The Bertz CT molecular complexity index is 1540. The number of hydrogen-bond acceptors (Lipinski definition) is 8. The molecule has 0 heterocycles. The van der Waals surface area contributed by atoms with Gasteiger partial charge in [-0.3, -0.25) is 14.6 Å². The second-order valence-corrected chi connectivity index (χ2v) is 14.3. The minimum absolute atomic E-state index is 0.0183. The van der Waals surface area contributed by atoms with E-state index in [0.29, 0.717) is 12.7 Å². The van der Waals surface area contributed by atoms with E-state index in [1.807, 2.05) is 52.8 Å². The summed E-state index contributed by atoms with van der Waals surface area (Å²) in [6.45, 7) is 13.0. The summed E-state index contributed by atoms with van der Waals surface area (Å²) in [5.74, 6) is -1.68. The average Bonchev–Trinajstić information content (AvgIpc) is 3.00. The third kappa shape index (κ3) is 13.3. The summed E-state index contributed by atoms with van der Waals surface area (Å²) in [6, 6.07) is 9.15. The number of carbonyl (C=O) groups is 4. The molecule has 0 aliphatic carbocycles. The molecule has 1 unspecified atom stereocenters. The number of sulfonamides is 1. The van der Waals surface area contributed by atoms with Crippen molar-refractivity contribution in [1.29, 1.82) is 0 Å². The highest BCUT2D eigenvalue weighted by Crippen LogP contribution is 2.13. The van der Waals surface area contributed by atoms with Crippen molar-refractivity contribution in [2.75, 3.05) is 6.54 Å². The first-order chi connectivity index (χ1) is 22.5. The zero-order valence-electron chi connectivity index (χ0n) is 28.8. The highest BCUT2D eigenvalue weighted by molar-refractivity contribution is 7.90. The molecule has 3 amide bonds. The Morgan fingerprint density at radius 2 is 1.56 bits per heavy atom. The van der Waals surface area contributed by atoms with Crippen molar-refractivity contribution in [3.05, 3.63) is 64.7 Å². The summed E-state index contributed by atoms with van der Waals surface area (Å²) in [6.07, 6.45) is 0.536. The molecule has 48 heavy (non-hydrogen) atoms. The molecule has 2 aromatic rings. The van der Waals surface area contributed by atoms with Crippen LogP contribution in [0.3, 0.4) is 0 Å². The maximum absolute atomic E-state index is 13.5. The molecular formula is C34H50N6O7S. The molecule has 0 aliphatic heterocycles. The third-order valence-corrected chi connectivity index (χ3v) is 8.81. The van der Waals surface area contributed by atoms with Crippen molar-refractivity contribution in [3.63, 3.8) is 0 Å². The van der Waals surface area contributed by atoms with Gasteiger partial charge in [0.05, 0.1) is 10.9 Å². The number of aryl methyl sites for hydroxylation is 3. The summed E-state index contributed by atoms with van der Waals surface area (Å²) in [7, 11) is -3.94. The van der Waals surface area contributed by atoms with Crippen molar-refractivity contribution in [2.45, 2.75) is 97.4 Å². The monoisotopic (exact) mass is 686 g/mol. The van der Waals surface area contributed by atoms with E-state index in [9.17, 15) is 27.6 Å². The van der Waals surface area contributed by atoms with Crippen LogP contribution >= 0.6 is 0 Å². The lowest BCUT2D eigenvalue weighted by molar-refractivity contribution is -0.132. The van der Waals surface area contributed by atoms with Crippen molar-refractivity contribution in [2.24, 2.45) is 22.6 Å². The molecular weight excluding hydrogens is 636 g/mol. The maximum atomic E-state index is 13.5. The van der Waals surface area contributed by atoms with Crippen LogP contribution in [0.2, 0.25) is 0 Å². The first kappa shape index (κ1) is 39.7. The minimum Gasteiger partial charge on any atom is -0.445 e. The van der Waals surface area contributed by atoms with Crippen molar-refractivity contribution in [1.82, 2.24) is 20.7 Å². The predicted octanol–water partition coefficient (Wildman–Crippen LogP) is 3.15. The van der Waals surface area contributed by atoms with Crippen LogP contribution in [0.1, 0.15) is 69.2 Å². The highest BCUT2D eigenvalue weighted by Gasteiger charge is 2.30. The zero-order valence-corrected chi connectivity index (χ0v) is 29.6. The third-order valence-electron chi connectivity index (χ3n) is 7.44. The fourth-order valence-corrected chi connectivity index (χ4v) is 5.66. The molecule has 0 bridgehead atoms. The van der Waals surface area contributed by atoms with E-state index in [-0.39, 0.29) is 48.7 Å². The van der Waals surface area contributed by atoms with Crippen LogP contribution in [-0.4, -0.2) is 63.2 Å². The molecule has 14 heteroatoms. The SMILES string of the molecule is Cc1ccc(S(=O)(=O)NC(N)=NCCC[C@H](NC(=O)OCc2cc(C)ccc2C)C(=O)N[C@H](C(=O)NC(C=O)CC(C)C)C(C)C)cc1.